The molecule has 1 aliphatic rings. The van der Waals surface area contributed by atoms with Crippen molar-refractivity contribution in [1.29, 1.82) is 0 Å². The summed E-state index contributed by atoms with van der Waals surface area (Å²) in [5, 5.41) is 4.06. The normalized spacial score (nSPS) is 20.4. The number of guanidine groups is 1. The molecule has 1 heterocycles. The molecule has 128 valence electrons. The Bertz CT molecular complexity index is 509. The molecule has 4 nitrogen and oxygen atoms in total. The topological polar surface area (TPSA) is 36.9 Å². The van der Waals surface area contributed by atoms with Gasteiger partial charge in [0.15, 0.2) is 5.96 Å². The number of thioether (sulfide) groups is 1. The van der Waals surface area contributed by atoms with Gasteiger partial charge in [-0.2, -0.15) is 11.8 Å². The molecule has 1 fully saturated rings. The maximum atomic E-state index is 13.1. The Labute approximate surface area is 142 Å². The molecule has 23 heavy (non-hydrogen) atoms. The van der Waals surface area contributed by atoms with Crippen LogP contribution >= 0.6 is 11.8 Å². The zero-order chi connectivity index (χ0) is 16.7. The Kier molecular flexibility index (Phi) is 7.17. The van der Waals surface area contributed by atoms with Gasteiger partial charge < -0.3 is 15.0 Å². The first-order valence-electron chi connectivity index (χ1n) is 8.03. The van der Waals surface area contributed by atoms with Gasteiger partial charge in [0.25, 0.3) is 0 Å². The molecule has 1 N–H and O–H groups in total. The summed E-state index contributed by atoms with van der Waals surface area (Å²) in [5.74, 6) is 1.81. The lowest BCUT2D eigenvalue weighted by Crippen LogP contribution is -2.48. The number of hydrogen-bond donors (Lipinski definition) is 1. The maximum absolute atomic E-state index is 13.1. The number of hydrogen-bond acceptors (Lipinski definition) is 3. The van der Waals surface area contributed by atoms with Crippen molar-refractivity contribution < 1.29 is 9.13 Å². The van der Waals surface area contributed by atoms with Crippen LogP contribution in [0.25, 0.3) is 0 Å². The van der Waals surface area contributed by atoms with Crippen molar-refractivity contribution in [2.24, 2.45) is 4.99 Å². The molecule has 0 saturated carbocycles. The van der Waals surface area contributed by atoms with E-state index in [2.05, 4.69) is 22.1 Å². The van der Waals surface area contributed by atoms with Crippen LogP contribution in [0.3, 0.4) is 0 Å². The van der Waals surface area contributed by atoms with Gasteiger partial charge in [0.05, 0.1) is 6.10 Å². The second-order valence-corrected chi connectivity index (χ2v) is 6.96. The standard InChI is InChI=1S/C17H26FN3OS/c1-4-15-12-21(9-10-23-15)17(19-2)20-11-16(22-3)13-5-7-14(18)8-6-13/h5-8,15-16H,4,9-12H2,1-3H3,(H,19,20). The third-order valence-electron chi connectivity index (χ3n) is 4.08. The largest absolute Gasteiger partial charge is 0.375 e. The van der Waals surface area contributed by atoms with Crippen molar-refractivity contribution in [1.82, 2.24) is 10.2 Å². The molecule has 2 atom stereocenters. The molecule has 2 unspecified atom stereocenters. The minimum Gasteiger partial charge on any atom is -0.375 e. The van der Waals surface area contributed by atoms with Gasteiger partial charge in [-0.1, -0.05) is 19.1 Å². The van der Waals surface area contributed by atoms with Crippen LogP contribution in [-0.2, 0) is 4.74 Å². The zero-order valence-electron chi connectivity index (χ0n) is 14.1. The quantitative estimate of drug-likeness (QED) is 0.661. The van der Waals surface area contributed by atoms with Crippen LogP contribution in [0.15, 0.2) is 29.3 Å². The molecule has 0 spiro atoms. The van der Waals surface area contributed by atoms with Crippen LogP contribution in [-0.4, -0.2) is 55.7 Å². The summed E-state index contributed by atoms with van der Waals surface area (Å²) in [5.41, 5.74) is 0.956. The lowest BCUT2D eigenvalue weighted by molar-refractivity contribution is 0.105. The van der Waals surface area contributed by atoms with Crippen LogP contribution in [0.5, 0.6) is 0 Å². The molecule has 2 rings (SSSR count). The highest BCUT2D eigenvalue weighted by Gasteiger charge is 2.22. The summed E-state index contributed by atoms with van der Waals surface area (Å²) < 4.78 is 18.6. The molecule has 6 heteroatoms. The van der Waals surface area contributed by atoms with Gasteiger partial charge in [0.2, 0.25) is 0 Å². The van der Waals surface area contributed by atoms with Crippen molar-refractivity contribution in [3.8, 4) is 0 Å². The Morgan fingerprint density at radius 2 is 2.22 bits per heavy atom. The third-order valence-corrected chi connectivity index (χ3v) is 5.45. The number of aliphatic imine (C=N–C) groups is 1. The molecule has 1 aromatic carbocycles. The average molecular weight is 339 g/mol. The molecule has 0 radical (unpaired) electrons. The van der Waals surface area contributed by atoms with Crippen molar-refractivity contribution in [3.05, 3.63) is 35.6 Å². The lowest BCUT2D eigenvalue weighted by Gasteiger charge is -2.34. The van der Waals surface area contributed by atoms with Crippen LogP contribution in [0, 0.1) is 5.82 Å². The Balaban J connectivity index is 1.94. The average Bonchev–Trinajstić information content (AvgIpc) is 2.60. The number of nitrogens with zero attached hydrogens (tertiary/aromatic N) is 2. The van der Waals surface area contributed by atoms with E-state index in [1.165, 1.54) is 18.6 Å². The fraction of sp³-hybridized carbons (Fsp3) is 0.588. The summed E-state index contributed by atoms with van der Waals surface area (Å²) in [7, 11) is 3.48. The van der Waals surface area contributed by atoms with Crippen LogP contribution in [0.4, 0.5) is 4.39 Å². The monoisotopic (exact) mass is 339 g/mol. The lowest BCUT2D eigenvalue weighted by atomic mass is 10.1. The summed E-state index contributed by atoms with van der Waals surface area (Å²) >= 11 is 2.04. The van der Waals surface area contributed by atoms with Crippen molar-refractivity contribution in [2.75, 3.05) is 39.5 Å². The second kappa shape index (κ2) is 9.13. The molecule has 0 amide bonds. The highest BCUT2D eigenvalue weighted by Crippen LogP contribution is 2.21. The first-order valence-corrected chi connectivity index (χ1v) is 9.08. The Morgan fingerprint density at radius 1 is 1.48 bits per heavy atom. The summed E-state index contributed by atoms with van der Waals surface area (Å²) in [6, 6.07) is 6.45. The van der Waals surface area contributed by atoms with E-state index in [9.17, 15) is 4.39 Å². The van der Waals surface area contributed by atoms with Crippen LogP contribution < -0.4 is 5.32 Å². The fourth-order valence-corrected chi connectivity index (χ4v) is 3.87. The zero-order valence-corrected chi connectivity index (χ0v) is 14.9. The molecule has 0 bridgehead atoms. The van der Waals surface area contributed by atoms with Gasteiger partial charge in [-0.15, -0.1) is 0 Å². The van der Waals surface area contributed by atoms with Gasteiger partial charge in [-0.3, -0.25) is 4.99 Å². The first kappa shape index (κ1) is 18.1. The minimum absolute atomic E-state index is 0.131. The fourth-order valence-electron chi connectivity index (χ4n) is 2.69. The summed E-state index contributed by atoms with van der Waals surface area (Å²) in [6.07, 6.45) is 1.04. The number of methoxy groups -OCH3 is 1. The summed E-state index contributed by atoms with van der Waals surface area (Å²) in [6.45, 7) is 4.87. The number of ether oxygens (including phenoxy) is 1. The predicted molar refractivity (Wildman–Crippen MR) is 95.6 cm³/mol. The summed E-state index contributed by atoms with van der Waals surface area (Å²) in [4.78, 5) is 6.71. The van der Waals surface area contributed by atoms with Crippen LogP contribution in [0.1, 0.15) is 25.0 Å². The number of rotatable bonds is 5. The van der Waals surface area contributed by atoms with Crippen molar-refractivity contribution in [3.63, 3.8) is 0 Å². The molecule has 1 aliphatic heterocycles. The molecular formula is C17H26FN3OS. The predicted octanol–water partition coefficient (Wildman–Crippen LogP) is 2.92. The molecule has 1 aromatic rings. The van der Waals surface area contributed by atoms with Gasteiger partial charge in [-0.05, 0) is 24.1 Å². The number of benzene rings is 1. The molecule has 0 aromatic heterocycles. The minimum atomic E-state index is -0.233. The number of halogens is 1. The van der Waals surface area contributed by atoms with E-state index in [4.69, 9.17) is 4.74 Å². The van der Waals surface area contributed by atoms with Crippen molar-refractivity contribution >= 4 is 17.7 Å². The van der Waals surface area contributed by atoms with Crippen LogP contribution in [0.2, 0.25) is 0 Å². The SMILES string of the molecule is CCC1CN(C(=NC)NCC(OC)c2ccc(F)cc2)CCS1. The molecule has 0 aliphatic carbocycles. The van der Waals surface area contributed by atoms with Gasteiger partial charge in [0.1, 0.15) is 5.82 Å². The second-order valence-electron chi connectivity index (χ2n) is 5.55. The van der Waals surface area contributed by atoms with E-state index in [1.54, 1.807) is 19.2 Å². The molecular weight excluding hydrogens is 313 g/mol. The van der Waals surface area contributed by atoms with E-state index in [1.807, 2.05) is 18.8 Å². The van der Waals surface area contributed by atoms with E-state index < -0.39 is 0 Å². The Hall–Kier alpha value is -1.27. The highest BCUT2D eigenvalue weighted by atomic mass is 32.2. The maximum Gasteiger partial charge on any atom is 0.193 e. The van der Waals surface area contributed by atoms with E-state index >= 15 is 0 Å². The Morgan fingerprint density at radius 3 is 2.83 bits per heavy atom. The smallest absolute Gasteiger partial charge is 0.193 e. The van der Waals surface area contributed by atoms with E-state index in [0.29, 0.717) is 11.8 Å². The van der Waals surface area contributed by atoms with Gasteiger partial charge in [-0.25, -0.2) is 4.39 Å². The van der Waals surface area contributed by atoms with Crippen molar-refractivity contribution in [2.45, 2.75) is 24.7 Å². The van der Waals surface area contributed by atoms with E-state index in [0.717, 1.165) is 30.4 Å². The highest BCUT2D eigenvalue weighted by molar-refractivity contribution is 8.00. The molecule has 1 saturated heterocycles. The van der Waals surface area contributed by atoms with E-state index in [-0.39, 0.29) is 11.9 Å². The van der Waals surface area contributed by atoms with Gasteiger partial charge in [0, 0.05) is 44.8 Å². The first-order chi connectivity index (χ1) is 11.2. The van der Waals surface area contributed by atoms with Gasteiger partial charge >= 0.3 is 0 Å². The third kappa shape index (κ3) is 5.11. The number of nitrogens with one attached hydrogen (secondary N) is 1.